The topological polar surface area (TPSA) is 47.3 Å². The number of nitrogens with one attached hydrogen (secondary N) is 1. The molecule has 1 aliphatic heterocycles. The first-order valence-electron chi connectivity index (χ1n) is 5.36. The molecule has 4 nitrogen and oxygen atoms in total. The second-order valence-electron chi connectivity index (χ2n) is 3.86. The van der Waals surface area contributed by atoms with Gasteiger partial charge >= 0.3 is 0 Å². The number of benzene rings is 1. The lowest BCUT2D eigenvalue weighted by molar-refractivity contribution is 0.413. The molecule has 0 unspecified atom stereocenters. The van der Waals surface area contributed by atoms with Gasteiger partial charge in [-0.25, -0.2) is 0 Å². The monoisotopic (exact) mass is 250 g/mol. The molecule has 0 bridgehead atoms. The Kier molecular flexibility index (Phi) is 2.44. The summed E-state index contributed by atoms with van der Waals surface area (Å²) < 4.78 is 10.6. The summed E-state index contributed by atoms with van der Waals surface area (Å²) in [6.07, 6.45) is 0.907. The molecule has 0 spiro atoms. The molecule has 0 saturated carbocycles. The van der Waals surface area contributed by atoms with Crippen molar-refractivity contribution in [3.05, 3.63) is 28.8 Å². The van der Waals surface area contributed by atoms with Gasteiger partial charge in [-0.2, -0.15) is 0 Å². The molecule has 0 radical (unpaired) electrons. The maximum atomic E-state index is 6.01. The van der Waals surface area contributed by atoms with E-state index in [-0.39, 0.29) is 0 Å². The van der Waals surface area contributed by atoms with Crippen molar-refractivity contribution in [3.63, 3.8) is 0 Å². The predicted octanol–water partition coefficient (Wildman–Crippen LogP) is 2.97. The van der Waals surface area contributed by atoms with E-state index in [1.807, 2.05) is 12.1 Å². The molecule has 1 N–H and O–H groups in total. The molecule has 1 aromatic heterocycles. The van der Waals surface area contributed by atoms with E-state index in [9.17, 15) is 0 Å². The van der Waals surface area contributed by atoms with Gasteiger partial charge < -0.3 is 14.6 Å². The zero-order chi connectivity index (χ0) is 11.8. The third-order valence-corrected chi connectivity index (χ3v) is 3.10. The van der Waals surface area contributed by atoms with E-state index in [2.05, 4.69) is 10.5 Å². The Morgan fingerprint density at radius 1 is 1.47 bits per heavy atom. The highest BCUT2D eigenvalue weighted by atomic mass is 35.5. The van der Waals surface area contributed by atoms with Crippen molar-refractivity contribution in [1.29, 1.82) is 0 Å². The summed E-state index contributed by atoms with van der Waals surface area (Å²) in [7, 11) is 1.63. The maximum Gasteiger partial charge on any atom is 0.228 e. The van der Waals surface area contributed by atoms with E-state index in [0.717, 1.165) is 41.4 Å². The standard InChI is InChI=1S/C12H11ClN2O2/c1-16-10-3-2-7(13)6-9(10)11-8-4-5-14-12(8)17-15-11/h2-3,6,14H,4-5H2,1H3. The fourth-order valence-electron chi connectivity index (χ4n) is 2.06. The molecular weight excluding hydrogens is 240 g/mol. The van der Waals surface area contributed by atoms with Crippen LogP contribution in [0.2, 0.25) is 5.02 Å². The second-order valence-corrected chi connectivity index (χ2v) is 4.30. The third-order valence-electron chi connectivity index (χ3n) is 2.87. The molecule has 88 valence electrons. The molecular formula is C12H11ClN2O2. The van der Waals surface area contributed by atoms with Crippen molar-refractivity contribution in [2.75, 3.05) is 19.0 Å². The third kappa shape index (κ3) is 1.65. The number of rotatable bonds is 2. The average molecular weight is 251 g/mol. The molecule has 3 rings (SSSR count). The maximum absolute atomic E-state index is 6.01. The van der Waals surface area contributed by atoms with Crippen LogP contribution in [0.1, 0.15) is 5.56 Å². The van der Waals surface area contributed by atoms with Gasteiger partial charge in [-0.15, -0.1) is 0 Å². The van der Waals surface area contributed by atoms with E-state index < -0.39 is 0 Å². The van der Waals surface area contributed by atoms with Gasteiger partial charge in [0.25, 0.3) is 0 Å². The fourth-order valence-corrected chi connectivity index (χ4v) is 2.23. The van der Waals surface area contributed by atoms with Crippen molar-refractivity contribution in [2.24, 2.45) is 0 Å². The molecule has 2 heterocycles. The summed E-state index contributed by atoms with van der Waals surface area (Å²) in [5.74, 6) is 1.50. The van der Waals surface area contributed by atoms with Crippen LogP contribution in [0.3, 0.4) is 0 Å². The molecule has 0 amide bonds. The summed E-state index contributed by atoms with van der Waals surface area (Å²) >= 11 is 6.01. The smallest absolute Gasteiger partial charge is 0.228 e. The largest absolute Gasteiger partial charge is 0.496 e. The van der Waals surface area contributed by atoms with Crippen molar-refractivity contribution in [3.8, 4) is 17.0 Å². The van der Waals surface area contributed by atoms with Crippen LogP contribution in [-0.4, -0.2) is 18.8 Å². The highest BCUT2D eigenvalue weighted by Gasteiger charge is 2.23. The Morgan fingerprint density at radius 2 is 2.35 bits per heavy atom. The van der Waals surface area contributed by atoms with Crippen LogP contribution < -0.4 is 10.1 Å². The number of halogens is 1. The number of hydrogen-bond acceptors (Lipinski definition) is 4. The minimum absolute atomic E-state index is 0.656. The van der Waals surface area contributed by atoms with Gasteiger partial charge in [0.2, 0.25) is 5.88 Å². The Hall–Kier alpha value is -1.68. The highest BCUT2D eigenvalue weighted by Crippen LogP contribution is 2.38. The summed E-state index contributed by atoms with van der Waals surface area (Å²) in [5.41, 5.74) is 2.77. The van der Waals surface area contributed by atoms with Crippen molar-refractivity contribution in [1.82, 2.24) is 5.16 Å². The lowest BCUT2D eigenvalue weighted by Gasteiger charge is -2.06. The number of anilines is 1. The summed E-state index contributed by atoms with van der Waals surface area (Å²) in [6.45, 7) is 0.882. The summed E-state index contributed by atoms with van der Waals surface area (Å²) in [6, 6.07) is 5.47. The van der Waals surface area contributed by atoms with Gasteiger partial charge in [0.15, 0.2) is 0 Å². The van der Waals surface area contributed by atoms with Gasteiger partial charge in [0.1, 0.15) is 11.4 Å². The van der Waals surface area contributed by atoms with E-state index in [1.54, 1.807) is 13.2 Å². The molecule has 17 heavy (non-hydrogen) atoms. The van der Waals surface area contributed by atoms with Crippen LogP contribution in [-0.2, 0) is 6.42 Å². The summed E-state index contributed by atoms with van der Waals surface area (Å²) in [5, 5.41) is 7.88. The van der Waals surface area contributed by atoms with E-state index in [1.165, 1.54) is 0 Å². The lowest BCUT2D eigenvalue weighted by Crippen LogP contribution is -1.94. The van der Waals surface area contributed by atoms with Crippen LogP contribution >= 0.6 is 11.6 Å². The average Bonchev–Trinajstić information content (AvgIpc) is 2.90. The second kappa shape index (κ2) is 3.96. The molecule has 5 heteroatoms. The number of aromatic nitrogens is 1. The first-order valence-corrected chi connectivity index (χ1v) is 5.73. The van der Waals surface area contributed by atoms with Gasteiger partial charge in [-0.05, 0) is 24.6 Å². The van der Waals surface area contributed by atoms with Crippen LogP contribution in [0.15, 0.2) is 22.7 Å². The normalized spacial score (nSPS) is 13.3. The van der Waals surface area contributed by atoms with Crippen molar-refractivity contribution in [2.45, 2.75) is 6.42 Å². The van der Waals surface area contributed by atoms with Gasteiger partial charge in [0, 0.05) is 22.7 Å². The van der Waals surface area contributed by atoms with Crippen LogP contribution in [0.5, 0.6) is 5.75 Å². The number of ether oxygens (including phenoxy) is 1. The number of hydrogen-bond donors (Lipinski definition) is 1. The predicted molar refractivity (Wildman–Crippen MR) is 65.7 cm³/mol. The molecule has 0 atom stereocenters. The van der Waals surface area contributed by atoms with Crippen LogP contribution in [0, 0.1) is 0 Å². The first kappa shape index (κ1) is 10.5. The van der Waals surface area contributed by atoms with E-state index in [4.69, 9.17) is 20.9 Å². The van der Waals surface area contributed by atoms with Crippen molar-refractivity contribution < 1.29 is 9.26 Å². The summed E-state index contributed by atoms with van der Waals surface area (Å²) in [4.78, 5) is 0. The Balaban J connectivity index is 2.17. The minimum Gasteiger partial charge on any atom is -0.496 e. The zero-order valence-corrected chi connectivity index (χ0v) is 10.0. The number of fused-ring (bicyclic) bond motifs is 1. The lowest BCUT2D eigenvalue weighted by atomic mass is 10.1. The fraction of sp³-hybridized carbons (Fsp3) is 0.250. The van der Waals surface area contributed by atoms with Gasteiger partial charge in [0.05, 0.1) is 7.11 Å². The zero-order valence-electron chi connectivity index (χ0n) is 9.29. The number of methoxy groups -OCH3 is 1. The molecule has 0 fully saturated rings. The Labute approximate surface area is 104 Å². The first-order chi connectivity index (χ1) is 8.29. The molecule has 0 saturated heterocycles. The Bertz CT molecular complexity index is 566. The van der Waals surface area contributed by atoms with Gasteiger partial charge in [-0.3, -0.25) is 0 Å². The highest BCUT2D eigenvalue weighted by molar-refractivity contribution is 6.31. The van der Waals surface area contributed by atoms with E-state index in [0.29, 0.717) is 5.02 Å². The minimum atomic E-state index is 0.656. The van der Waals surface area contributed by atoms with Crippen molar-refractivity contribution >= 4 is 17.5 Å². The molecule has 1 aliphatic rings. The SMILES string of the molecule is COc1ccc(Cl)cc1-c1noc2c1CCN2. The molecule has 2 aromatic rings. The van der Waals surface area contributed by atoms with Crippen LogP contribution in [0.4, 0.5) is 5.88 Å². The Morgan fingerprint density at radius 3 is 3.18 bits per heavy atom. The molecule has 1 aromatic carbocycles. The molecule has 0 aliphatic carbocycles. The van der Waals surface area contributed by atoms with Crippen LogP contribution in [0.25, 0.3) is 11.3 Å². The quantitative estimate of drug-likeness (QED) is 0.890. The van der Waals surface area contributed by atoms with E-state index >= 15 is 0 Å². The van der Waals surface area contributed by atoms with Gasteiger partial charge in [-0.1, -0.05) is 16.8 Å². The number of nitrogens with zero attached hydrogens (tertiary/aromatic N) is 1.